The molecule has 0 saturated carbocycles. The number of aliphatic hydroxyl groups is 1. The third kappa shape index (κ3) is 6.40. The Bertz CT molecular complexity index is 1530. The van der Waals surface area contributed by atoms with Gasteiger partial charge in [0, 0.05) is 36.4 Å². The lowest BCUT2D eigenvalue weighted by Gasteiger charge is -2.31. The van der Waals surface area contributed by atoms with E-state index in [-0.39, 0.29) is 34.7 Å². The van der Waals surface area contributed by atoms with Crippen molar-refractivity contribution in [1.82, 2.24) is 24.8 Å². The number of benzene rings is 1. The molecule has 4 aromatic rings. The minimum Gasteiger partial charge on any atom is -0.449 e. The van der Waals surface area contributed by atoms with Crippen LogP contribution in [0.3, 0.4) is 0 Å². The molecule has 41 heavy (non-hydrogen) atoms. The maximum absolute atomic E-state index is 14.9. The summed E-state index contributed by atoms with van der Waals surface area (Å²) < 4.78 is 35.0. The lowest BCUT2D eigenvalue weighted by atomic mass is 9.91. The number of pyridine rings is 2. The van der Waals surface area contributed by atoms with Gasteiger partial charge in [-0.2, -0.15) is 0 Å². The second-order valence-electron chi connectivity index (χ2n) is 10.2. The fourth-order valence-electron chi connectivity index (χ4n) is 4.99. The molecular formula is C30H32F2N6O3. The zero-order chi connectivity index (χ0) is 28.9. The number of rotatable bonds is 8. The zero-order valence-electron chi connectivity index (χ0n) is 23.0. The molecule has 4 heterocycles. The monoisotopic (exact) mass is 562 g/mol. The van der Waals surface area contributed by atoms with Gasteiger partial charge in [-0.1, -0.05) is 19.4 Å². The summed E-state index contributed by atoms with van der Waals surface area (Å²) in [5, 5.41) is 13.5. The maximum Gasteiger partial charge on any atom is 0.409 e. The van der Waals surface area contributed by atoms with Gasteiger partial charge in [0.1, 0.15) is 22.8 Å². The molecule has 1 aliphatic rings. The Morgan fingerprint density at radius 3 is 2.63 bits per heavy atom. The Morgan fingerprint density at radius 1 is 1.12 bits per heavy atom. The van der Waals surface area contributed by atoms with Gasteiger partial charge < -0.3 is 20.1 Å². The van der Waals surface area contributed by atoms with Crippen LogP contribution in [0.1, 0.15) is 62.7 Å². The highest BCUT2D eigenvalue weighted by molar-refractivity contribution is 5.87. The maximum atomic E-state index is 14.9. The summed E-state index contributed by atoms with van der Waals surface area (Å²) in [6.07, 6.45) is 6.58. The van der Waals surface area contributed by atoms with Crippen LogP contribution in [0.4, 0.5) is 25.3 Å². The Morgan fingerprint density at radius 2 is 1.93 bits per heavy atom. The van der Waals surface area contributed by atoms with E-state index in [2.05, 4.69) is 32.2 Å². The second kappa shape index (κ2) is 12.5. The highest BCUT2D eigenvalue weighted by atomic mass is 19.1. The van der Waals surface area contributed by atoms with E-state index < -0.39 is 17.7 Å². The lowest BCUT2D eigenvalue weighted by Crippen LogP contribution is -2.38. The molecule has 0 bridgehead atoms. The molecule has 0 unspecified atom stereocenters. The van der Waals surface area contributed by atoms with Crippen molar-refractivity contribution in [2.45, 2.75) is 51.6 Å². The number of amides is 1. The van der Waals surface area contributed by atoms with Gasteiger partial charge in [-0.15, -0.1) is 0 Å². The molecule has 1 aromatic carbocycles. The van der Waals surface area contributed by atoms with Crippen molar-refractivity contribution >= 4 is 28.8 Å². The molecule has 0 radical (unpaired) electrons. The van der Waals surface area contributed by atoms with Crippen LogP contribution in [0.5, 0.6) is 0 Å². The van der Waals surface area contributed by atoms with E-state index >= 15 is 0 Å². The number of hydrogen-bond donors (Lipinski definition) is 2. The first kappa shape index (κ1) is 28.3. The van der Waals surface area contributed by atoms with Crippen LogP contribution in [0.15, 0.2) is 48.9 Å². The van der Waals surface area contributed by atoms with Crippen LogP contribution < -0.4 is 5.32 Å². The Hall–Kier alpha value is -4.25. The number of carbonyl (C=O) groups is 1. The molecule has 1 atom stereocenters. The zero-order valence-corrected chi connectivity index (χ0v) is 23.0. The fourth-order valence-corrected chi connectivity index (χ4v) is 4.99. The number of ether oxygens (including phenoxy) is 1. The predicted octanol–water partition coefficient (Wildman–Crippen LogP) is 6.28. The highest BCUT2D eigenvalue weighted by Crippen LogP contribution is 2.32. The molecule has 214 valence electrons. The van der Waals surface area contributed by atoms with Crippen molar-refractivity contribution < 1.29 is 23.4 Å². The Labute approximate surface area is 236 Å². The lowest BCUT2D eigenvalue weighted by molar-refractivity contribution is 0.0916. The molecule has 0 aliphatic carbocycles. The van der Waals surface area contributed by atoms with E-state index in [0.29, 0.717) is 36.5 Å². The first-order valence-electron chi connectivity index (χ1n) is 13.8. The number of aliphatic hydroxyl groups excluding tert-OH is 1. The summed E-state index contributed by atoms with van der Waals surface area (Å²) in [5.41, 5.74) is 1.72. The molecule has 1 amide bonds. The average Bonchev–Trinajstić information content (AvgIpc) is 2.98. The minimum absolute atomic E-state index is 0.0850. The highest BCUT2D eigenvalue weighted by Gasteiger charge is 2.25. The van der Waals surface area contributed by atoms with Crippen molar-refractivity contribution in [3.63, 3.8) is 0 Å². The van der Waals surface area contributed by atoms with E-state index in [4.69, 9.17) is 4.74 Å². The van der Waals surface area contributed by atoms with E-state index in [1.807, 2.05) is 6.07 Å². The number of nitrogens with one attached hydrogen (secondary N) is 1. The third-order valence-electron chi connectivity index (χ3n) is 7.27. The van der Waals surface area contributed by atoms with Gasteiger partial charge in [-0.3, -0.25) is 4.98 Å². The molecule has 0 spiro atoms. The molecular weight excluding hydrogens is 530 g/mol. The van der Waals surface area contributed by atoms with E-state index in [0.717, 1.165) is 37.4 Å². The van der Waals surface area contributed by atoms with Crippen LogP contribution in [0, 0.1) is 11.6 Å². The van der Waals surface area contributed by atoms with Gasteiger partial charge >= 0.3 is 6.09 Å². The summed E-state index contributed by atoms with van der Waals surface area (Å²) in [7, 11) is 0. The number of hydrogen-bond acceptors (Lipinski definition) is 8. The van der Waals surface area contributed by atoms with Gasteiger partial charge in [0.15, 0.2) is 5.82 Å². The first-order valence-corrected chi connectivity index (χ1v) is 13.8. The molecule has 3 aromatic heterocycles. The van der Waals surface area contributed by atoms with Crippen LogP contribution in [0.25, 0.3) is 22.2 Å². The summed E-state index contributed by atoms with van der Waals surface area (Å²) in [5.74, 6) is -0.536. The van der Waals surface area contributed by atoms with Crippen molar-refractivity contribution in [3.05, 3.63) is 71.7 Å². The minimum atomic E-state index is -0.865. The Balaban J connectivity index is 1.28. The summed E-state index contributed by atoms with van der Waals surface area (Å²) >= 11 is 0. The van der Waals surface area contributed by atoms with Gasteiger partial charge in [0.05, 0.1) is 18.9 Å². The van der Waals surface area contributed by atoms with Crippen LogP contribution in [0.2, 0.25) is 0 Å². The summed E-state index contributed by atoms with van der Waals surface area (Å²) in [6.45, 7) is 5.34. The van der Waals surface area contributed by atoms with Crippen LogP contribution in [-0.4, -0.2) is 55.7 Å². The van der Waals surface area contributed by atoms with Gasteiger partial charge in [-0.05, 0) is 67.5 Å². The smallest absolute Gasteiger partial charge is 0.409 e. The Kier molecular flexibility index (Phi) is 8.63. The average molecular weight is 563 g/mol. The number of halogens is 2. The van der Waals surface area contributed by atoms with Crippen molar-refractivity contribution in [3.8, 4) is 11.3 Å². The molecule has 1 fully saturated rings. The number of fused-ring (bicyclic) bond motifs is 1. The molecule has 9 nitrogen and oxygen atoms in total. The largest absolute Gasteiger partial charge is 0.449 e. The summed E-state index contributed by atoms with van der Waals surface area (Å²) in [4.78, 5) is 30.8. The second-order valence-corrected chi connectivity index (χ2v) is 10.2. The number of anilines is 2. The standard InChI is InChI=1S/C30H32F2N6O3/c1-3-4-13-41-30(40)38-11-8-19(9-12-38)20-5-6-26(34-16-20)36-29-35-17-25(32)27(37-29)21-14-23-22(18(2)39)7-10-33-28(23)24(31)15-21/h5-7,10,14-19,39H,3-4,8-9,11-13H2,1-2H3,(H,34,35,36,37)/t18-/m1/s1. The number of unbranched alkanes of at least 4 members (excludes halogenated alkanes) is 1. The molecule has 11 heteroatoms. The normalized spacial score (nSPS) is 14.7. The molecule has 2 N–H and O–H groups in total. The van der Waals surface area contributed by atoms with E-state index in [1.165, 1.54) is 12.3 Å². The number of aromatic nitrogens is 4. The van der Waals surface area contributed by atoms with Crippen molar-refractivity contribution in [2.75, 3.05) is 25.0 Å². The quantitative estimate of drug-likeness (QED) is 0.241. The fraction of sp³-hybridized carbons (Fsp3) is 0.367. The first-order chi connectivity index (χ1) is 19.8. The number of carbonyl (C=O) groups excluding carboxylic acids is 1. The third-order valence-corrected chi connectivity index (χ3v) is 7.27. The van der Waals surface area contributed by atoms with Gasteiger partial charge in [0.25, 0.3) is 0 Å². The van der Waals surface area contributed by atoms with Crippen molar-refractivity contribution in [1.29, 1.82) is 0 Å². The topological polar surface area (TPSA) is 113 Å². The number of nitrogens with zero attached hydrogens (tertiary/aromatic N) is 5. The van der Waals surface area contributed by atoms with Gasteiger partial charge in [-0.25, -0.2) is 28.5 Å². The van der Waals surface area contributed by atoms with Crippen molar-refractivity contribution in [2.24, 2.45) is 0 Å². The van der Waals surface area contributed by atoms with E-state index in [9.17, 15) is 18.7 Å². The number of piperidine rings is 1. The molecule has 1 saturated heterocycles. The predicted molar refractivity (Wildman–Crippen MR) is 151 cm³/mol. The van der Waals surface area contributed by atoms with Gasteiger partial charge in [0.2, 0.25) is 5.95 Å². The van der Waals surface area contributed by atoms with Crippen LogP contribution >= 0.6 is 0 Å². The van der Waals surface area contributed by atoms with Crippen LogP contribution in [-0.2, 0) is 4.74 Å². The van der Waals surface area contributed by atoms with E-state index in [1.54, 1.807) is 36.2 Å². The molecule has 5 rings (SSSR count). The SMILES string of the molecule is CCCCOC(=O)N1CCC(c2ccc(Nc3ncc(F)c(-c4cc(F)c5nccc([C@@H](C)O)c5c4)n3)nc2)CC1. The number of likely N-dealkylation sites (tertiary alicyclic amines) is 1. The summed E-state index contributed by atoms with van der Waals surface area (Å²) in [6, 6.07) is 8.08. The molecule has 1 aliphatic heterocycles.